The summed E-state index contributed by atoms with van der Waals surface area (Å²) >= 11 is 0. The van der Waals surface area contributed by atoms with Gasteiger partial charge < -0.3 is 26.2 Å². The van der Waals surface area contributed by atoms with Gasteiger partial charge in [-0.3, -0.25) is 13.8 Å². The Labute approximate surface area is 312 Å². The Balaban J connectivity index is 4.45. The van der Waals surface area contributed by atoms with Gasteiger partial charge in [-0.1, -0.05) is 153 Å². The van der Waals surface area contributed by atoms with Gasteiger partial charge in [0.25, 0.3) is 0 Å². The van der Waals surface area contributed by atoms with Crippen molar-refractivity contribution in [2.45, 2.75) is 199 Å². The van der Waals surface area contributed by atoms with Crippen LogP contribution < -0.4 is 11.1 Å². The van der Waals surface area contributed by atoms with Crippen LogP contribution in [-0.2, 0) is 18.4 Å². The van der Waals surface area contributed by atoms with E-state index in [0.29, 0.717) is 12.8 Å². The number of carbonyl (C=O) groups excluding carboxylic acids is 1. The lowest BCUT2D eigenvalue weighted by molar-refractivity contribution is -0.124. The third-order valence-electron chi connectivity index (χ3n) is 8.99. The van der Waals surface area contributed by atoms with E-state index < -0.39 is 38.6 Å². The summed E-state index contributed by atoms with van der Waals surface area (Å²) in [4.78, 5) is 22.7. The average molecular weight is 743 g/mol. The van der Waals surface area contributed by atoms with E-state index >= 15 is 0 Å². The summed E-state index contributed by atoms with van der Waals surface area (Å²) in [5.41, 5.74) is 5.35. The quantitative estimate of drug-likeness (QED) is 0.0238. The molecule has 0 aromatic rings. The van der Waals surface area contributed by atoms with Gasteiger partial charge in [-0.25, -0.2) is 4.57 Å². The number of carbonyl (C=O) groups is 1. The molecule has 0 aliphatic rings. The number of allylic oxidation sites excluding steroid dienone is 5. The molecule has 0 radical (unpaired) electrons. The molecule has 9 nitrogen and oxygen atoms in total. The molecule has 0 bridgehead atoms. The predicted molar refractivity (Wildman–Crippen MR) is 214 cm³/mol. The molecule has 0 saturated heterocycles. The second-order valence-corrected chi connectivity index (χ2v) is 15.5. The van der Waals surface area contributed by atoms with Crippen LogP contribution >= 0.6 is 7.82 Å². The van der Waals surface area contributed by atoms with E-state index in [1.807, 2.05) is 6.08 Å². The molecule has 6 N–H and O–H groups in total. The maximum Gasteiger partial charge on any atom is 0.472 e. The summed E-state index contributed by atoms with van der Waals surface area (Å²) in [6.07, 6.45) is 39.4. The van der Waals surface area contributed by atoms with E-state index in [9.17, 15) is 24.5 Å². The molecule has 300 valence electrons. The molecule has 51 heavy (non-hydrogen) atoms. The van der Waals surface area contributed by atoms with Crippen molar-refractivity contribution in [3.05, 3.63) is 36.5 Å². The molecule has 0 rings (SSSR count). The van der Waals surface area contributed by atoms with E-state index in [4.69, 9.17) is 14.8 Å². The number of aliphatic hydroxyl groups is 2. The minimum atomic E-state index is -4.40. The van der Waals surface area contributed by atoms with Crippen LogP contribution in [0.2, 0.25) is 0 Å². The normalized spacial score (nSPS) is 15.2. The fourth-order valence-corrected chi connectivity index (χ4v) is 6.59. The Morgan fingerprint density at radius 1 is 0.667 bits per heavy atom. The molecule has 0 aromatic heterocycles. The first-order chi connectivity index (χ1) is 24.8. The summed E-state index contributed by atoms with van der Waals surface area (Å²) in [7, 11) is -4.40. The summed E-state index contributed by atoms with van der Waals surface area (Å²) in [5, 5.41) is 24.0. The molecule has 0 aliphatic carbocycles. The Kier molecular flexibility index (Phi) is 36.1. The highest BCUT2D eigenvalue weighted by molar-refractivity contribution is 7.47. The highest BCUT2D eigenvalue weighted by Crippen LogP contribution is 2.43. The van der Waals surface area contributed by atoms with Gasteiger partial charge in [0.15, 0.2) is 0 Å². The molecular formula is C41H79N2O7P. The third kappa shape index (κ3) is 35.5. The Hall–Kier alpha value is -1.32. The second-order valence-electron chi connectivity index (χ2n) is 14.0. The number of rotatable bonds is 38. The second kappa shape index (κ2) is 37.0. The van der Waals surface area contributed by atoms with Crippen LogP contribution in [0.4, 0.5) is 0 Å². The fraction of sp³-hybridized carbons (Fsp3) is 0.829. The zero-order valence-electron chi connectivity index (χ0n) is 32.7. The number of phosphoric ester groups is 1. The van der Waals surface area contributed by atoms with Gasteiger partial charge in [0.05, 0.1) is 37.9 Å². The van der Waals surface area contributed by atoms with Crippen molar-refractivity contribution in [1.82, 2.24) is 5.32 Å². The summed E-state index contributed by atoms with van der Waals surface area (Å²) < 4.78 is 22.0. The molecule has 4 atom stereocenters. The van der Waals surface area contributed by atoms with E-state index in [2.05, 4.69) is 43.5 Å². The first-order valence-electron chi connectivity index (χ1n) is 20.7. The van der Waals surface area contributed by atoms with Gasteiger partial charge >= 0.3 is 7.82 Å². The van der Waals surface area contributed by atoms with Crippen LogP contribution in [-0.4, -0.2) is 59.0 Å². The standard InChI is InChI=1S/C41H79N2O7P/c1-3-5-7-9-11-13-15-17-18-19-21-23-25-27-29-31-33-40(45)39(37-50-51(47,48)49-35-34-42)43-41(46)36-38(44)32-30-28-26-24-22-20-16-14-12-10-8-6-4-2/h14,16,23,25,31,33,38-40,44-45H,3-13,15,17-22,24,26-30,32,34-37,42H2,1-2H3,(H,43,46)(H,47,48)/b16-14-,25-23+,33-31+. The number of phosphoric acid groups is 1. The minimum absolute atomic E-state index is 0.0433. The number of unbranched alkanes of at least 4 members (excludes halogenated alkanes) is 20. The molecular weight excluding hydrogens is 663 g/mol. The summed E-state index contributed by atoms with van der Waals surface area (Å²) in [5.74, 6) is -0.462. The number of hydrogen-bond donors (Lipinski definition) is 5. The topological polar surface area (TPSA) is 151 Å². The lowest BCUT2D eigenvalue weighted by Crippen LogP contribution is -2.46. The smallest absolute Gasteiger partial charge is 0.393 e. The van der Waals surface area contributed by atoms with E-state index in [-0.39, 0.29) is 19.6 Å². The highest BCUT2D eigenvalue weighted by Gasteiger charge is 2.27. The molecule has 1 amide bonds. The van der Waals surface area contributed by atoms with Crippen LogP contribution in [0.3, 0.4) is 0 Å². The number of amides is 1. The number of aliphatic hydroxyl groups excluding tert-OH is 2. The Bertz CT molecular complexity index is 914. The Morgan fingerprint density at radius 3 is 1.65 bits per heavy atom. The first kappa shape index (κ1) is 49.7. The molecule has 0 heterocycles. The van der Waals surface area contributed by atoms with Gasteiger partial charge in [-0.05, 0) is 57.8 Å². The van der Waals surface area contributed by atoms with Gasteiger partial charge in [-0.2, -0.15) is 0 Å². The van der Waals surface area contributed by atoms with Crippen LogP contribution in [0, 0.1) is 0 Å². The number of nitrogens with two attached hydrogens (primary N) is 1. The molecule has 0 aliphatic heterocycles. The van der Waals surface area contributed by atoms with E-state index in [1.165, 1.54) is 103 Å². The van der Waals surface area contributed by atoms with Crippen molar-refractivity contribution >= 4 is 13.7 Å². The van der Waals surface area contributed by atoms with Crippen molar-refractivity contribution in [3.8, 4) is 0 Å². The Morgan fingerprint density at radius 2 is 1.12 bits per heavy atom. The van der Waals surface area contributed by atoms with Crippen LogP contribution in [0.1, 0.15) is 181 Å². The third-order valence-corrected chi connectivity index (χ3v) is 9.98. The van der Waals surface area contributed by atoms with Crippen molar-refractivity contribution in [3.63, 3.8) is 0 Å². The zero-order valence-corrected chi connectivity index (χ0v) is 33.6. The molecule has 0 fully saturated rings. The molecule has 0 aromatic carbocycles. The summed E-state index contributed by atoms with van der Waals surface area (Å²) in [6.45, 7) is 3.92. The fourth-order valence-electron chi connectivity index (χ4n) is 5.83. The number of nitrogens with one attached hydrogen (secondary N) is 1. The predicted octanol–water partition coefficient (Wildman–Crippen LogP) is 10.1. The van der Waals surface area contributed by atoms with Gasteiger partial charge in [-0.15, -0.1) is 0 Å². The van der Waals surface area contributed by atoms with Crippen molar-refractivity contribution in [2.75, 3.05) is 19.8 Å². The molecule has 0 spiro atoms. The van der Waals surface area contributed by atoms with Crippen LogP contribution in [0.25, 0.3) is 0 Å². The van der Waals surface area contributed by atoms with Crippen LogP contribution in [0.15, 0.2) is 36.5 Å². The van der Waals surface area contributed by atoms with Crippen molar-refractivity contribution < 1.29 is 33.5 Å². The average Bonchev–Trinajstić information content (AvgIpc) is 3.10. The molecule has 4 unspecified atom stereocenters. The monoisotopic (exact) mass is 743 g/mol. The maximum absolute atomic E-state index is 12.8. The van der Waals surface area contributed by atoms with Gasteiger partial charge in [0.2, 0.25) is 5.91 Å². The van der Waals surface area contributed by atoms with Crippen molar-refractivity contribution in [1.29, 1.82) is 0 Å². The van der Waals surface area contributed by atoms with Gasteiger partial charge in [0.1, 0.15) is 0 Å². The maximum atomic E-state index is 12.8. The van der Waals surface area contributed by atoms with Crippen LogP contribution in [0.5, 0.6) is 0 Å². The lowest BCUT2D eigenvalue weighted by Gasteiger charge is -2.24. The lowest BCUT2D eigenvalue weighted by atomic mass is 10.0. The molecule has 0 saturated carbocycles. The summed E-state index contributed by atoms with van der Waals surface area (Å²) in [6, 6.07) is -1.000. The highest BCUT2D eigenvalue weighted by atomic mass is 31.2. The first-order valence-corrected chi connectivity index (χ1v) is 22.2. The van der Waals surface area contributed by atoms with E-state index in [0.717, 1.165) is 44.9 Å². The molecule has 10 heteroatoms. The SMILES string of the molecule is CCCCCC/C=C\CCCCCCCC(O)CC(=O)NC(COP(=O)(O)OCCN)C(O)/C=C/CC/C=C/CCCCCCCCCCCC. The number of hydrogen-bond acceptors (Lipinski definition) is 7. The van der Waals surface area contributed by atoms with E-state index in [1.54, 1.807) is 6.08 Å². The van der Waals surface area contributed by atoms with Gasteiger partial charge in [0, 0.05) is 6.54 Å². The minimum Gasteiger partial charge on any atom is -0.393 e. The largest absolute Gasteiger partial charge is 0.472 e. The van der Waals surface area contributed by atoms with Crippen molar-refractivity contribution in [2.24, 2.45) is 5.73 Å². The zero-order chi connectivity index (χ0) is 37.7.